The van der Waals surface area contributed by atoms with Crippen LogP contribution in [0.3, 0.4) is 0 Å². The molecule has 0 spiro atoms. The van der Waals surface area contributed by atoms with Crippen molar-refractivity contribution < 1.29 is 45.4 Å². The van der Waals surface area contributed by atoms with Crippen molar-refractivity contribution in [2.75, 3.05) is 43.1 Å². The van der Waals surface area contributed by atoms with Crippen molar-refractivity contribution in [1.82, 2.24) is 9.88 Å². The van der Waals surface area contributed by atoms with Crippen molar-refractivity contribution in [3.8, 4) is 11.1 Å². The maximum atomic E-state index is 14.2. The first-order valence-electron chi connectivity index (χ1n) is 15.3. The molecular weight excluding hydrogens is 645 g/mol. The van der Waals surface area contributed by atoms with Crippen molar-refractivity contribution in [1.29, 1.82) is 0 Å². The van der Waals surface area contributed by atoms with Crippen molar-refractivity contribution in [2.45, 2.75) is 57.4 Å². The second-order valence-corrected chi connectivity index (χ2v) is 12.9. The third-order valence-corrected chi connectivity index (χ3v) is 9.08. The molecule has 48 heavy (non-hydrogen) atoms. The zero-order chi connectivity index (χ0) is 35.3. The van der Waals surface area contributed by atoms with E-state index < -0.39 is 52.2 Å². The van der Waals surface area contributed by atoms with Crippen LogP contribution < -0.4 is 9.80 Å². The van der Waals surface area contributed by atoms with Gasteiger partial charge < -0.3 is 19.8 Å². The SMILES string of the molecule is Cc1cc(F)ccc1-c1cc(N2CCN(C(=O)C3CC3)CC2CO)ncc1N(C)C(=O)C(C)(C)c1cc(C(F)(F)F)cc(C(F)(F)F)c1. The van der Waals surface area contributed by atoms with Gasteiger partial charge in [0.1, 0.15) is 11.6 Å². The van der Waals surface area contributed by atoms with Crippen molar-refractivity contribution in [3.63, 3.8) is 0 Å². The van der Waals surface area contributed by atoms with Gasteiger partial charge in [0.25, 0.3) is 0 Å². The Morgan fingerprint density at radius 1 is 0.917 bits per heavy atom. The second kappa shape index (κ2) is 12.7. The zero-order valence-electron chi connectivity index (χ0n) is 26.7. The van der Waals surface area contributed by atoms with Gasteiger partial charge in [0.2, 0.25) is 11.8 Å². The number of amides is 2. The first-order chi connectivity index (χ1) is 22.3. The smallest absolute Gasteiger partial charge is 0.394 e. The van der Waals surface area contributed by atoms with E-state index in [1.807, 2.05) is 4.90 Å². The van der Waals surface area contributed by atoms with Gasteiger partial charge in [-0.3, -0.25) is 9.59 Å². The number of pyridine rings is 1. The van der Waals surface area contributed by atoms with Crippen LogP contribution >= 0.6 is 0 Å². The third-order valence-electron chi connectivity index (χ3n) is 9.08. The van der Waals surface area contributed by atoms with Crippen LogP contribution in [0.25, 0.3) is 11.1 Å². The molecule has 1 aromatic heterocycles. The molecule has 7 nitrogen and oxygen atoms in total. The van der Waals surface area contributed by atoms with Crippen LogP contribution in [0, 0.1) is 18.7 Å². The molecule has 1 saturated heterocycles. The number of aliphatic hydroxyl groups excluding tert-OH is 1. The monoisotopic (exact) mass is 680 g/mol. The fraction of sp³-hybridized carbons (Fsp3) is 0.441. The van der Waals surface area contributed by atoms with Crippen molar-refractivity contribution in [3.05, 3.63) is 76.7 Å². The third kappa shape index (κ3) is 6.99. The first kappa shape index (κ1) is 35.1. The fourth-order valence-electron chi connectivity index (χ4n) is 6.08. The summed E-state index contributed by atoms with van der Waals surface area (Å²) in [6.07, 6.45) is -7.17. The van der Waals surface area contributed by atoms with E-state index in [0.717, 1.165) is 17.7 Å². The lowest BCUT2D eigenvalue weighted by Crippen LogP contribution is -2.57. The van der Waals surface area contributed by atoms with Crippen LogP contribution in [0.5, 0.6) is 0 Å². The highest BCUT2D eigenvalue weighted by molar-refractivity contribution is 6.03. The van der Waals surface area contributed by atoms with Crippen LogP contribution in [0.4, 0.5) is 42.2 Å². The summed E-state index contributed by atoms with van der Waals surface area (Å²) in [6, 6.07) is 6.22. The van der Waals surface area contributed by atoms with Crippen molar-refractivity contribution in [2.24, 2.45) is 5.92 Å². The van der Waals surface area contributed by atoms with E-state index >= 15 is 0 Å². The molecule has 2 heterocycles. The Kier molecular flexibility index (Phi) is 9.28. The highest BCUT2D eigenvalue weighted by Gasteiger charge is 2.42. The predicted octanol–water partition coefficient (Wildman–Crippen LogP) is 6.59. The Bertz CT molecular complexity index is 1690. The number of aromatic nitrogens is 1. The molecule has 2 aliphatic rings. The van der Waals surface area contributed by atoms with E-state index in [1.165, 1.54) is 45.3 Å². The molecule has 1 unspecified atom stereocenters. The number of aryl methyl sites for hydroxylation is 1. The summed E-state index contributed by atoms with van der Waals surface area (Å²) in [5.41, 5.74) is -3.92. The number of hydrogen-bond acceptors (Lipinski definition) is 5. The van der Waals surface area contributed by atoms with Gasteiger partial charge in [-0.15, -0.1) is 0 Å². The number of rotatable bonds is 7. The van der Waals surface area contributed by atoms with E-state index in [4.69, 9.17) is 0 Å². The van der Waals surface area contributed by atoms with Gasteiger partial charge in [-0.1, -0.05) is 6.07 Å². The number of nitrogens with zero attached hydrogens (tertiary/aromatic N) is 4. The zero-order valence-corrected chi connectivity index (χ0v) is 26.7. The quantitative estimate of drug-likeness (QED) is 0.285. The lowest BCUT2D eigenvalue weighted by Gasteiger charge is -2.41. The Hall–Kier alpha value is -4.20. The normalized spacial score (nSPS) is 17.5. The van der Waals surface area contributed by atoms with Crippen LogP contribution in [-0.2, 0) is 27.4 Å². The summed E-state index contributed by atoms with van der Waals surface area (Å²) in [5, 5.41) is 10.2. The maximum absolute atomic E-state index is 14.2. The number of hydrogen-bond donors (Lipinski definition) is 1. The molecule has 2 fully saturated rings. The van der Waals surface area contributed by atoms with Crippen LogP contribution in [0.2, 0.25) is 0 Å². The average molecular weight is 681 g/mol. The first-order valence-corrected chi connectivity index (χ1v) is 15.3. The number of carbonyl (C=O) groups is 2. The number of likely N-dealkylation sites (N-methyl/N-ethyl adjacent to an activating group) is 1. The van der Waals surface area contributed by atoms with E-state index in [-0.39, 0.29) is 36.7 Å². The standard InChI is InChI=1S/C34H35F7N4O3/c1-19-11-24(35)7-8-26(19)27-15-29(45-10-9-44(17-25(45)18-46)30(47)20-5-6-20)42-16-28(27)43(4)31(48)32(2,3)21-12-22(33(36,37)38)14-23(13-21)34(39,40)41/h7-8,11-16,20,25,46H,5-6,9-10,17-18H2,1-4H3. The minimum Gasteiger partial charge on any atom is -0.394 e. The topological polar surface area (TPSA) is 77.0 Å². The molecule has 0 radical (unpaired) electrons. The minimum absolute atomic E-state index is 0.00708. The molecule has 1 aliphatic carbocycles. The molecule has 1 aliphatic heterocycles. The van der Waals surface area contributed by atoms with Crippen LogP contribution in [0.15, 0.2) is 48.7 Å². The highest BCUT2D eigenvalue weighted by atomic mass is 19.4. The second-order valence-electron chi connectivity index (χ2n) is 12.9. The summed E-state index contributed by atoms with van der Waals surface area (Å²) >= 11 is 0. The van der Waals surface area contributed by atoms with E-state index in [9.17, 15) is 45.4 Å². The van der Waals surface area contributed by atoms with Gasteiger partial charge in [-0.2, -0.15) is 26.3 Å². The molecule has 0 bridgehead atoms. The molecule has 258 valence electrons. The Morgan fingerprint density at radius 2 is 1.52 bits per heavy atom. The molecule has 2 aromatic carbocycles. The molecule has 3 aromatic rings. The summed E-state index contributed by atoms with van der Waals surface area (Å²) in [7, 11) is 1.33. The van der Waals surface area contributed by atoms with Gasteiger partial charge in [0.15, 0.2) is 0 Å². The number of benzene rings is 2. The molecular formula is C34H35F7N4O3. The summed E-state index contributed by atoms with van der Waals surface area (Å²) < 4.78 is 96.1. The van der Waals surface area contributed by atoms with Crippen LogP contribution in [0.1, 0.15) is 48.9 Å². The summed E-state index contributed by atoms with van der Waals surface area (Å²) in [5.74, 6) is -0.896. The van der Waals surface area contributed by atoms with Gasteiger partial charge in [-0.05, 0) is 86.7 Å². The molecule has 14 heteroatoms. The Balaban J connectivity index is 1.55. The number of halogens is 7. The Labute approximate surface area is 273 Å². The number of aliphatic hydroxyl groups is 1. The fourth-order valence-corrected chi connectivity index (χ4v) is 6.08. The van der Waals surface area contributed by atoms with E-state index in [1.54, 1.807) is 17.9 Å². The lowest BCUT2D eigenvalue weighted by atomic mass is 9.81. The Morgan fingerprint density at radius 3 is 2.06 bits per heavy atom. The van der Waals surface area contributed by atoms with Gasteiger partial charge in [0.05, 0.1) is 41.1 Å². The molecule has 5 rings (SSSR count). The number of alkyl halides is 6. The predicted molar refractivity (Wildman–Crippen MR) is 165 cm³/mol. The van der Waals surface area contributed by atoms with Gasteiger partial charge >= 0.3 is 12.4 Å². The maximum Gasteiger partial charge on any atom is 0.416 e. The van der Waals surface area contributed by atoms with E-state index in [0.29, 0.717) is 47.7 Å². The minimum atomic E-state index is -5.10. The highest BCUT2D eigenvalue weighted by Crippen LogP contribution is 2.42. The lowest BCUT2D eigenvalue weighted by molar-refractivity contribution is -0.143. The summed E-state index contributed by atoms with van der Waals surface area (Å²) in [4.78, 5) is 36.0. The number of anilines is 2. The number of carbonyl (C=O) groups excluding carboxylic acids is 2. The van der Waals surface area contributed by atoms with Gasteiger partial charge in [0, 0.05) is 38.2 Å². The largest absolute Gasteiger partial charge is 0.416 e. The average Bonchev–Trinajstić information content (AvgIpc) is 3.88. The molecule has 1 saturated carbocycles. The molecule has 2 amide bonds. The molecule has 1 N–H and O–H groups in total. The number of piperazine rings is 1. The summed E-state index contributed by atoms with van der Waals surface area (Å²) in [6.45, 7) is 4.84. The van der Waals surface area contributed by atoms with Crippen molar-refractivity contribution >= 4 is 23.3 Å². The molecule has 1 atom stereocenters. The van der Waals surface area contributed by atoms with E-state index in [2.05, 4.69) is 4.98 Å². The van der Waals surface area contributed by atoms with Crippen LogP contribution in [-0.4, -0.2) is 66.1 Å². The van der Waals surface area contributed by atoms with Gasteiger partial charge in [-0.25, -0.2) is 9.37 Å².